The van der Waals surface area contributed by atoms with Crippen molar-refractivity contribution >= 4 is 8.41 Å². The molecule has 605 valence electrons. The molecule has 0 rings (SSSR count). The summed E-state index contributed by atoms with van der Waals surface area (Å²) in [6, 6.07) is 0. The van der Waals surface area contributed by atoms with Gasteiger partial charge in [0.1, 0.15) is 0 Å². The Hall–Kier alpha value is -0.00506. The van der Waals surface area contributed by atoms with Gasteiger partial charge in [-0.05, 0) is 0 Å². The Balaban J connectivity index is 0. The summed E-state index contributed by atoms with van der Waals surface area (Å²) in [6.45, 7) is 0. The lowest BCUT2D eigenvalue weighted by molar-refractivity contribution is 1.11. The van der Waals surface area contributed by atoms with E-state index >= 15 is 0 Å². The van der Waals surface area contributed by atoms with Crippen LogP contribution >= 0.6 is 0 Å². The molecule has 3 radical (unpaired) electrons. The molecule has 0 aliphatic carbocycles. The third kappa shape index (κ3) is 15400000000. The van der Waals surface area contributed by atoms with Gasteiger partial charge in [0, 0.05) is 9.84 Å². The Labute approximate surface area is 561 Å². The Morgan fingerprint density at radius 2 is 0.0526 bits per heavy atom. The highest BCUT2D eigenvalue weighted by atomic mass is 19.0. The standard InChI is InChI=1S/74CH4.B.FH.H2/h74*1H4;;2*1H. The molecule has 0 aliphatic rings. The van der Waals surface area contributed by atoms with Gasteiger partial charge in [-0.2, -0.15) is 0 Å². The van der Waals surface area contributed by atoms with Crippen molar-refractivity contribution in [2.24, 2.45) is 0 Å². The van der Waals surface area contributed by atoms with Crippen molar-refractivity contribution in [1.29, 1.82) is 0 Å². The first-order chi connectivity index (χ1) is 0. The third-order valence-electron chi connectivity index (χ3n) is 0. The predicted octanol–water partition coefficient (Wildman–Crippen LogP) is 47.1. The lowest BCUT2D eigenvalue weighted by atomic mass is 10.8. The van der Waals surface area contributed by atoms with Crippen LogP contribution in [0.2, 0.25) is 0 Å². The van der Waals surface area contributed by atoms with E-state index in [4.69, 9.17) is 0 Å². The van der Waals surface area contributed by atoms with Gasteiger partial charge in [-0.3, -0.25) is 4.70 Å². The van der Waals surface area contributed by atoms with Gasteiger partial charge in [0.05, 0.1) is 0 Å². The van der Waals surface area contributed by atoms with Gasteiger partial charge in [-0.1, -0.05) is 550 Å². The highest BCUT2D eigenvalue weighted by Crippen LogP contribution is 0.421. The van der Waals surface area contributed by atoms with Gasteiger partial charge in [0.15, 0.2) is 0 Å². The van der Waals surface area contributed by atoms with Gasteiger partial charge in [0.25, 0.3) is 0 Å². The number of halogens is 1. The van der Waals surface area contributed by atoms with E-state index in [9.17, 15) is 0 Å². The molecule has 0 saturated carbocycles. The lowest BCUT2D eigenvalue weighted by Crippen LogP contribution is -0.381. The first-order valence-corrected chi connectivity index (χ1v) is 0. The van der Waals surface area contributed by atoms with E-state index in [0.29, 0.717) is 0 Å². The van der Waals surface area contributed by atoms with Crippen molar-refractivity contribution < 1.29 is 6.13 Å². The molecule has 0 N–H and O–H groups in total. The molecule has 0 atom stereocenters. The van der Waals surface area contributed by atoms with E-state index in [1.54, 1.807) is 0 Å². The molecule has 0 aliphatic heterocycles. The predicted molar refractivity (Wildman–Crippen MR) is 508 cm³/mol. The maximum absolute atomic E-state index is 0. The van der Waals surface area contributed by atoms with Gasteiger partial charge >= 0.3 is 0 Å². The van der Waals surface area contributed by atoms with Gasteiger partial charge in [-0.25, -0.2) is 0 Å². The Bertz CT molecular complexity index is 23.0. The van der Waals surface area contributed by atoms with Gasteiger partial charge < -0.3 is 0 Å². The van der Waals surface area contributed by atoms with Crippen LogP contribution in [0.4, 0.5) is 4.70 Å². The molecule has 2 heteroatoms. The summed E-state index contributed by atoms with van der Waals surface area (Å²) in [7, 11) is 0. The van der Waals surface area contributed by atoms with E-state index in [1.807, 2.05) is 0 Å². The fraction of sp³-hybridized carbons (Fsp3) is 1.00. The van der Waals surface area contributed by atoms with Crippen molar-refractivity contribution in [3.05, 3.63) is 0 Å². The Morgan fingerprint density at radius 1 is 0.0526 bits per heavy atom. The molecule has 0 nitrogen and oxygen atoms in total. The zero-order valence-electron chi connectivity index (χ0n) is 0.986. The van der Waals surface area contributed by atoms with Crippen LogP contribution in [-0.2, 0) is 0 Å². The monoisotopic (exact) mass is 1220 g/mol. The smallest absolute Gasteiger partial charge is 0 e. The van der Waals surface area contributed by atoms with Crippen molar-refractivity contribution in [3.8, 4) is 0 Å². The van der Waals surface area contributed by atoms with Crippen LogP contribution in [0.25, 0.3) is 0 Å². The molecule has 0 spiro atoms. The summed E-state index contributed by atoms with van der Waals surface area (Å²) in [5.74, 6) is 0. The fourth-order valence-electron chi connectivity index (χ4n) is 0. The summed E-state index contributed by atoms with van der Waals surface area (Å²) in [4.78, 5) is 0. The van der Waals surface area contributed by atoms with Crippen LogP contribution in [0.3, 0.4) is 0 Å². The third-order valence-corrected chi connectivity index (χ3v) is 0. The van der Waals surface area contributed by atoms with Gasteiger partial charge in [-0.15, -0.1) is 0 Å². The second-order valence-corrected chi connectivity index (χ2v) is 0. The molecule has 0 unspecified atom stereocenters. The van der Waals surface area contributed by atoms with Crippen LogP contribution in [0, 0.1) is 0 Å². The summed E-state index contributed by atoms with van der Waals surface area (Å²) in [6.07, 6.45) is 0. The first-order valence-electron chi connectivity index (χ1n) is 0. The molecule has 0 fully saturated rings. The number of hydrogen-bond donors (Lipinski definition) is 0. The molecular formula is C74H299BF. The number of rotatable bonds is 0. The molecule has 76 heavy (non-hydrogen) atoms. The largest absolute Gasteiger partial charge is 0.269 e. The number of hydrogen-bond acceptors (Lipinski definition) is 0. The zero-order chi connectivity index (χ0) is 0. The van der Waals surface area contributed by atoms with Crippen LogP contribution < -0.4 is 0 Å². The van der Waals surface area contributed by atoms with Gasteiger partial charge in [0.2, 0.25) is 0 Å². The van der Waals surface area contributed by atoms with E-state index in [-0.39, 0.29) is 564 Å². The van der Waals surface area contributed by atoms with Crippen molar-refractivity contribution in [1.82, 2.24) is 0 Å². The van der Waals surface area contributed by atoms with E-state index in [1.165, 1.54) is 0 Å². The van der Waals surface area contributed by atoms with Crippen LogP contribution in [0.5, 0.6) is 0 Å². The second-order valence-electron chi connectivity index (χ2n) is 0. The highest BCUT2D eigenvalue weighted by molar-refractivity contribution is 5.75. The maximum atomic E-state index is 0. The molecule has 0 aromatic carbocycles. The molecule has 0 bridgehead atoms. The maximum Gasteiger partial charge on any atom is 0 e. The summed E-state index contributed by atoms with van der Waals surface area (Å²) < 4.78 is 0. The molecule has 0 aromatic rings. The van der Waals surface area contributed by atoms with Crippen LogP contribution in [-0.4, -0.2) is 8.41 Å². The summed E-state index contributed by atoms with van der Waals surface area (Å²) in [5.41, 5.74) is 0. The Morgan fingerprint density at radius 3 is 0.0526 bits per heavy atom. The summed E-state index contributed by atoms with van der Waals surface area (Å²) in [5, 5.41) is 0. The molecule has 0 heterocycles. The molecular weight excluding hydrogens is 919 g/mol. The van der Waals surface area contributed by atoms with Crippen molar-refractivity contribution in [2.45, 2.75) is 550 Å². The second kappa shape index (κ2) is 16000000000. The lowest BCUT2D eigenvalue weighted by Gasteiger charge is -0.269. The normalized spacial score (nSPS) is 0. The van der Waals surface area contributed by atoms with Crippen LogP contribution in [0.1, 0.15) is 551 Å². The van der Waals surface area contributed by atoms with Crippen molar-refractivity contribution in [3.63, 3.8) is 0 Å². The van der Waals surface area contributed by atoms with E-state index < -0.39 is 0 Å². The summed E-state index contributed by atoms with van der Waals surface area (Å²) >= 11 is 0. The highest BCUT2D eigenvalue weighted by Gasteiger charge is 0.00675. The minimum Gasteiger partial charge on any atom is -0.269 e. The topological polar surface area (TPSA) is 0 Å². The molecule has 0 saturated heterocycles. The van der Waals surface area contributed by atoms with Crippen LogP contribution in [0.15, 0.2) is 0 Å². The average molecular weight is 1220 g/mol. The van der Waals surface area contributed by atoms with E-state index in [2.05, 4.69) is 0 Å². The quantitative estimate of drug-likeness (QED) is 0.212. The molecule has 0 aromatic heterocycles. The fourth-order valence-corrected chi connectivity index (χ4v) is 0. The molecule has 0 amide bonds. The zero-order valence-corrected chi connectivity index (χ0v) is 0.986. The SMILES string of the molecule is C.C.C.C.C.C.C.C.C.C.C.C.C.C.C.C.C.C.C.C.C.C.C.C.C.C.C.C.C.C.C.C.C.C.C.C.C.C.C.C.C.C.C.C.C.C.C.C.C.C.C.C.C.C.C.C.C.C.C.C.C.C.C.C.C.C.C.C.C.C.C.C.C.C.F.[B].[HH]. The average Bonchev–Trinajstić information content (AvgIpc) is 0. The minimum atomic E-state index is 0. The Kier molecular flexibility index (Phi) is 3510000000000000000. The van der Waals surface area contributed by atoms with E-state index in [0.717, 1.165) is 0 Å². The minimum absolute atomic E-state index is 0. The first kappa shape index (κ1) is 16700000000. The van der Waals surface area contributed by atoms with Crippen molar-refractivity contribution in [2.75, 3.05) is 0 Å².